The molecular weight excluding hydrogens is 1380 g/mol. The SMILES string of the molecule is C=CCON[C@@H](C)C(=O)N[C@H](c1csc([C@@H](NC(=O)c2csc([C@@H](N=[N+]=[N-])[C@](C)(O)[C@@H](C)O[Si](C)(C)C(C)(C)C)n2)[C@@H](C)O)n1)[C@@]1(c2nc(C(=O)O)cs2)CCC(c2nc(C(=O)N[C@H](C[Se]c3ccccc3)C(=O)N[C@H](C[Se]c3ccccc3)C(N)=O)cs2)=N1. The van der Waals surface area contributed by atoms with Gasteiger partial charge in [0.2, 0.25) is 5.91 Å². The molecule has 5 heterocycles. The van der Waals surface area contributed by atoms with Crippen molar-refractivity contribution in [3.63, 3.8) is 0 Å². The maximum atomic E-state index is 14.4. The second-order valence-electron chi connectivity index (χ2n) is 22.7. The quantitative estimate of drug-likeness (QED) is 0.00446. The zero-order valence-corrected chi connectivity index (χ0v) is 58.4. The first kappa shape index (κ1) is 71.0. The number of carboxylic acid groups (broad SMARTS) is 1. The first-order chi connectivity index (χ1) is 42.6. The van der Waals surface area contributed by atoms with Crippen molar-refractivity contribution in [1.29, 1.82) is 0 Å². The molecule has 0 saturated carbocycles. The van der Waals surface area contributed by atoms with Crippen molar-refractivity contribution >= 4 is 134 Å². The Morgan fingerprint density at radius 2 is 1.41 bits per heavy atom. The van der Waals surface area contributed by atoms with E-state index >= 15 is 0 Å². The van der Waals surface area contributed by atoms with Gasteiger partial charge in [-0.1, -0.05) is 32.0 Å². The number of nitrogens with zero attached hydrogens (tertiary/aromatic N) is 8. The summed E-state index contributed by atoms with van der Waals surface area (Å²) in [4.78, 5) is 114. The minimum atomic E-state index is -2.43. The van der Waals surface area contributed by atoms with Crippen LogP contribution in [0.2, 0.25) is 28.8 Å². The molecule has 6 aromatic rings. The van der Waals surface area contributed by atoms with E-state index in [4.69, 9.17) is 30.0 Å². The van der Waals surface area contributed by atoms with Gasteiger partial charge in [0.25, 0.3) is 5.91 Å². The molecule has 10 atom stereocenters. The van der Waals surface area contributed by atoms with Gasteiger partial charge in [-0.2, -0.15) is 5.48 Å². The average Bonchev–Trinajstić information content (AvgIpc) is 1.59. The summed E-state index contributed by atoms with van der Waals surface area (Å²) in [5.74, 6) is -4.65. The number of nitrogens with one attached hydrogen (secondary N) is 5. The Labute approximate surface area is 550 Å². The van der Waals surface area contributed by atoms with Gasteiger partial charge in [-0.3, -0.25) is 14.4 Å². The summed E-state index contributed by atoms with van der Waals surface area (Å²) in [6, 6.07) is 12.2. The minimum absolute atomic E-state index is 0.0429. The molecule has 32 heteroatoms. The van der Waals surface area contributed by atoms with E-state index in [1.165, 1.54) is 36.1 Å². The Morgan fingerprint density at radius 1 is 0.811 bits per heavy atom. The summed E-state index contributed by atoms with van der Waals surface area (Å²) >= 11 is 3.62. The van der Waals surface area contributed by atoms with Crippen LogP contribution < -0.4 is 41.4 Å². The van der Waals surface area contributed by atoms with Crippen LogP contribution in [0.3, 0.4) is 0 Å². The molecule has 0 fully saturated rings. The summed E-state index contributed by atoms with van der Waals surface area (Å²) in [6.07, 6.45) is -0.353. The van der Waals surface area contributed by atoms with Gasteiger partial charge < -0.3 is 25.1 Å². The van der Waals surface area contributed by atoms with Crippen molar-refractivity contribution < 1.29 is 53.4 Å². The van der Waals surface area contributed by atoms with Crippen LogP contribution in [-0.2, 0) is 29.2 Å². The molecule has 0 radical (unpaired) electrons. The van der Waals surface area contributed by atoms with Gasteiger partial charge in [-0.25, -0.2) is 14.8 Å². The third-order valence-electron chi connectivity index (χ3n) is 15.1. The number of rotatable bonds is 32. The predicted molar refractivity (Wildman–Crippen MR) is 350 cm³/mol. The van der Waals surface area contributed by atoms with Crippen LogP contribution in [0.25, 0.3) is 10.4 Å². The average molecular weight is 1460 g/mol. The van der Waals surface area contributed by atoms with Gasteiger partial charge in [0.05, 0.1) is 18.8 Å². The molecule has 4 aromatic heterocycles. The Kier molecular flexibility index (Phi) is 24.7. The van der Waals surface area contributed by atoms with Gasteiger partial charge in [0.1, 0.15) is 39.4 Å². The van der Waals surface area contributed by atoms with Gasteiger partial charge in [-0.05, 0) is 51.4 Å². The first-order valence-electron chi connectivity index (χ1n) is 28.2. The summed E-state index contributed by atoms with van der Waals surface area (Å²) < 4.78 is 8.49. The van der Waals surface area contributed by atoms with E-state index in [-0.39, 0.29) is 103 Å². The van der Waals surface area contributed by atoms with Gasteiger partial charge >= 0.3 is 277 Å². The van der Waals surface area contributed by atoms with Crippen LogP contribution in [0.4, 0.5) is 0 Å². The standard InChI is InChI=1S/C58H72N14O11S4Se2Si/c1-11-24-82-71-31(2)47(75)68-44(37-25-85-52(63-37)43(32(3)73)67-49(77)39-27-86-53(65-39)45(70-72-60)57(8,81)33(4)83-90(9,10)56(5,6)7)58(55-66-40(28-87-55)54(79)80)23-22-36(69-58)51-64-38(26-84-51)48(76)62-42(30-89-35-20-16-13-17-21-35)50(78)61-41(46(59)74)29-88-34-18-14-12-15-19-34/h11-21,25-28,31-33,41-45,71,73,81H,1,22-24,29-30H2,2-10H3,(H2,59,74)(H,61,78)(H,62,76)(H,67,77)(H,68,75)(H,79,80)/t31-,32+,33+,41+,42+,43-,44+,45+,57+,58+/m0/s1. The van der Waals surface area contributed by atoms with E-state index in [9.17, 15) is 49.6 Å². The number of hydrogen-bond acceptors (Lipinski definition) is 21. The third-order valence-corrected chi connectivity index (χ3v) is 28.0. The van der Waals surface area contributed by atoms with Crippen LogP contribution in [0.1, 0.15) is 137 Å². The van der Waals surface area contributed by atoms with Crippen LogP contribution in [0, 0.1) is 0 Å². The molecule has 90 heavy (non-hydrogen) atoms. The fourth-order valence-electron chi connectivity index (χ4n) is 8.78. The number of azide groups is 1. The number of thiazole rings is 4. The van der Waals surface area contributed by atoms with Crippen molar-refractivity contribution in [1.82, 2.24) is 46.7 Å². The number of aliphatic hydroxyl groups excluding tert-OH is 1. The van der Waals surface area contributed by atoms with Crippen molar-refractivity contribution in [3.8, 4) is 0 Å². The van der Waals surface area contributed by atoms with Crippen LogP contribution in [0.5, 0.6) is 0 Å². The number of hydrogen-bond donors (Lipinski definition) is 9. The van der Waals surface area contributed by atoms with E-state index in [0.717, 1.165) is 54.3 Å². The molecule has 1 aliphatic rings. The molecule has 25 nitrogen and oxygen atoms in total. The zero-order valence-electron chi connectivity index (χ0n) is 50.7. The van der Waals surface area contributed by atoms with Crippen molar-refractivity contribution in [2.45, 2.75) is 150 Å². The summed E-state index contributed by atoms with van der Waals surface area (Å²) in [5.41, 5.74) is 14.9. The molecule has 5 amide bonds. The number of carbonyl (C=O) groups excluding carboxylic acids is 5. The molecule has 0 saturated heterocycles. The van der Waals surface area contributed by atoms with E-state index in [2.05, 4.69) is 74.1 Å². The molecule has 1 aliphatic heterocycles. The Balaban J connectivity index is 1.20. The number of aliphatic hydroxyl groups is 2. The predicted octanol–water partition coefficient (Wildman–Crippen LogP) is 5.97. The fourth-order valence-corrected chi connectivity index (χ4v) is 18.0. The summed E-state index contributed by atoms with van der Waals surface area (Å²) in [7, 11) is -2.43. The number of aromatic carboxylic acids is 1. The summed E-state index contributed by atoms with van der Waals surface area (Å²) in [6.45, 7) is 20.1. The second kappa shape index (κ2) is 31.3. The van der Waals surface area contributed by atoms with Gasteiger partial charge in [0, 0.05) is 21.1 Å². The molecular formula is C58H72N14O11S4Se2Si. The molecule has 2 aromatic carbocycles. The molecule has 10 N–H and O–H groups in total. The third kappa shape index (κ3) is 17.8. The van der Waals surface area contributed by atoms with Crippen LogP contribution >= 0.6 is 45.3 Å². The molecule has 0 aliphatic carbocycles. The monoisotopic (exact) mass is 1460 g/mol. The van der Waals surface area contributed by atoms with Crippen molar-refractivity contribution in [2.24, 2.45) is 15.8 Å². The van der Waals surface area contributed by atoms with Crippen molar-refractivity contribution in [3.05, 3.63) is 148 Å². The Morgan fingerprint density at radius 3 is 2.00 bits per heavy atom. The number of aromatic nitrogens is 4. The van der Waals surface area contributed by atoms with Crippen LogP contribution in [-0.4, -0.2) is 157 Å². The van der Waals surface area contributed by atoms with E-state index < -0.39 is 103 Å². The summed E-state index contributed by atoms with van der Waals surface area (Å²) in [5, 5.41) is 55.9. The fraction of sp³-hybridized carbons (Fsp3) is 0.431. The number of nitrogens with two attached hydrogens (primary N) is 1. The van der Waals surface area contributed by atoms with Gasteiger partial charge in [0.15, 0.2) is 14.0 Å². The zero-order chi connectivity index (χ0) is 65.7. The normalized spacial score (nSPS) is 17.6. The Hall–Kier alpha value is -6.44. The van der Waals surface area contributed by atoms with E-state index in [0.29, 0.717) is 10.7 Å². The Bertz CT molecular complexity index is 3600. The van der Waals surface area contributed by atoms with Gasteiger partial charge in [-0.15, -0.1) is 29.3 Å². The molecule has 0 spiro atoms. The van der Waals surface area contributed by atoms with E-state index in [1.54, 1.807) is 19.2 Å². The molecule has 480 valence electrons. The maximum absolute atomic E-state index is 14.4. The number of carbonyl (C=O) groups is 6. The number of carboxylic acids is 1. The second-order valence-corrected chi connectivity index (χ2v) is 35.5. The number of benzene rings is 2. The van der Waals surface area contributed by atoms with Crippen LogP contribution in [0.15, 0.2) is 105 Å². The van der Waals surface area contributed by atoms with E-state index in [1.807, 2.05) is 73.8 Å². The molecule has 0 bridgehead atoms. The number of amides is 5. The number of hydroxylamine groups is 1. The van der Waals surface area contributed by atoms with Crippen molar-refractivity contribution in [2.75, 3.05) is 6.61 Å². The number of primary amides is 1. The molecule has 7 rings (SSSR count). The topological polar surface area (TPSA) is 380 Å². The molecule has 0 unspecified atom stereocenters. The first-order valence-corrected chi connectivity index (χ1v) is 38.8. The number of aliphatic imine (C=N–C) groups is 1.